The van der Waals surface area contributed by atoms with Gasteiger partial charge in [-0.3, -0.25) is 4.79 Å². The zero-order valence-electron chi connectivity index (χ0n) is 14.3. The van der Waals surface area contributed by atoms with Gasteiger partial charge in [-0.25, -0.2) is 4.79 Å². The van der Waals surface area contributed by atoms with Crippen LogP contribution in [-0.2, 0) is 9.53 Å². The van der Waals surface area contributed by atoms with Gasteiger partial charge in [0.05, 0.1) is 12.7 Å². The van der Waals surface area contributed by atoms with Crippen molar-refractivity contribution in [2.75, 3.05) is 20.3 Å². The Labute approximate surface area is 151 Å². The number of carbonyl (C=O) groups is 2. The summed E-state index contributed by atoms with van der Waals surface area (Å²) < 4.78 is 15.8. The van der Waals surface area contributed by atoms with Gasteiger partial charge in [0.1, 0.15) is 24.7 Å². The molecule has 3 rings (SSSR count). The Morgan fingerprint density at radius 1 is 0.808 bits per heavy atom. The van der Waals surface area contributed by atoms with Gasteiger partial charge >= 0.3 is 5.97 Å². The van der Waals surface area contributed by atoms with Crippen molar-refractivity contribution in [1.82, 2.24) is 0 Å². The van der Waals surface area contributed by atoms with E-state index in [9.17, 15) is 9.59 Å². The van der Waals surface area contributed by atoms with Crippen LogP contribution in [0.3, 0.4) is 0 Å². The zero-order valence-corrected chi connectivity index (χ0v) is 14.3. The van der Waals surface area contributed by atoms with E-state index in [1.54, 1.807) is 18.2 Å². The molecule has 132 valence electrons. The average Bonchev–Trinajstić information content (AvgIpc) is 2.70. The molecule has 0 unspecified atom stereocenters. The second kappa shape index (κ2) is 8.16. The molecule has 3 aromatic carbocycles. The topological polar surface area (TPSA) is 61.8 Å². The van der Waals surface area contributed by atoms with Crippen LogP contribution in [0.15, 0.2) is 66.7 Å². The molecule has 0 N–H and O–H groups in total. The maximum Gasteiger partial charge on any atom is 0.379 e. The van der Waals surface area contributed by atoms with Crippen molar-refractivity contribution in [1.29, 1.82) is 0 Å². The molecule has 0 spiro atoms. The number of rotatable bonds is 7. The number of hydrogen-bond acceptors (Lipinski definition) is 5. The van der Waals surface area contributed by atoms with Crippen LogP contribution < -0.4 is 9.47 Å². The molecule has 0 atom stereocenters. The average molecular weight is 350 g/mol. The number of carbonyl (C=O) groups excluding carboxylic acids is 2. The molecule has 0 aliphatic rings. The summed E-state index contributed by atoms with van der Waals surface area (Å²) in [5, 5.41) is 2.24. The lowest BCUT2D eigenvalue weighted by Crippen LogP contribution is -2.18. The lowest BCUT2D eigenvalue weighted by atomic mass is 10.1. The molecule has 26 heavy (non-hydrogen) atoms. The van der Waals surface area contributed by atoms with Crippen molar-refractivity contribution in [3.63, 3.8) is 0 Å². The first-order chi connectivity index (χ1) is 12.7. The molecule has 0 saturated heterocycles. The van der Waals surface area contributed by atoms with Gasteiger partial charge in [-0.05, 0) is 35.0 Å². The van der Waals surface area contributed by atoms with Gasteiger partial charge < -0.3 is 14.2 Å². The van der Waals surface area contributed by atoms with E-state index < -0.39 is 11.8 Å². The molecular weight excluding hydrogens is 332 g/mol. The van der Waals surface area contributed by atoms with Gasteiger partial charge in [0.15, 0.2) is 0 Å². The van der Waals surface area contributed by atoms with Crippen LogP contribution in [0.4, 0.5) is 0 Å². The number of fused-ring (bicyclic) bond motifs is 1. The highest BCUT2D eigenvalue weighted by atomic mass is 16.5. The number of benzene rings is 3. The van der Waals surface area contributed by atoms with Crippen LogP contribution in [0.5, 0.6) is 11.5 Å². The molecular formula is C21H18O5. The summed E-state index contributed by atoms with van der Waals surface area (Å²) in [5.41, 5.74) is 0.171. The fourth-order valence-corrected chi connectivity index (χ4v) is 2.55. The summed E-state index contributed by atoms with van der Waals surface area (Å²) in [7, 11) is 1.17. The van der Waals surface area contributed by atoms with E-state index in [2.05, 4.69) is 4.74 Å². The van der Waals surface area contributed by atoms with Crippen LogP contribution in [0.1, 0.15) is 10.4 Å². The Hall–Kier alpha value is -3.34. The third-order valence-electron chi connectivity index (χ3n) is 3.83. The summed E-state index contributed by atoms with van der Waals surface area (Å²) in [4.78, 5) is 23.4. The Kier molecular flexibility index (Phi) is 5.49. The second-order valence-corrected chi connectivity index (χ2v) is 5.52. The van der Waals surface area contributed by atoms with E-state index in [0.29, 0.717) is 12.4 Å². The maximum atomic E-state index is 12.0. The number of para-hydroxylation sites is 1. The van der Waals surface area contributed by atoms with E-state index >= 15 is 0 Å². The maximum absolute atomic E-state index is 12.0. The fourth-order valence-electron chi connectivity index (χ4n) is 2.55. The van der Waals surface area contributed by atoms with Crippen molar-refractivity contribution in [3.05, 3.63) is 72.3 Å². The van der Waals surface area contributed by atoms with E-state index in [1.807, 2.05) is 42.5 Å². The number of ether oxygens (including phenoxy) is 3. The Balaban J connectivity index is 1.59. The minimum absolute atomic E-state index is 0.171. The molecule has 5 heteroatoms. The first-order valence-corrected chi connectivity index (χ1v) is 8.15. The van der Waals surface area contributed by atoms with E-state index in [1.165, 1.54) is 13.2 Å². The molecule has 0 radical (unpaired) electrons. The summed E-state index contributed by atoms with van der Waals surface area (Å²) in [6, 6.07) is 20.4. The summed E-state index contributed by atoms with van der Waals surface area (Å²) >= 11 is 0. The molecule has 0 amide bonds. The number of ketones is 1. The minimum Gasteiger partial charge on any atom is -0.490 e. The lowest BCUT2D eigenvalue weighted by molar-refractivity contribution is -0.135. The normalized spacial score (nSPS) is 10.3. The predicted molar refractivity (Wildman–Crippen MR) is 97.7 cm³/mol. The molecule has 3 aromatic rings. The molecule has 0 saturated carbocycles. The molecule has 0 bridgehead atoms. The Morgan fingerprint density at radius 3 is 2.31 bits per heavy atom. The Morgan fingerprint density at radius 2 is 1.50 bits per heavy atom. The summed E-state index contributed by atoms with van der Waals surface area (Å²) in [5.74, 6) is -0.594. The molecule has 0 aromatic heterocycles. The molecule has 0 aliphatic heterocycles. The minimum atomic E-state index is -0.923. The molecule has 0 aliphatic carbocycles. The van der Waals surface area contributed by atoms with E-state index in [4.69, 9.17) is 9.47 Å². The molecule has 5 nitrogen and oxygen atoms in total. The Bertz CT molecular complexity index is 932. The van der Waals surface area contributed by atoms with Gasteiger partial charge in [0, 0.05) is 0 Å². The zero-order chi connectivity index (χ0) is 18.4. The third kappa shape index (κ3) is 4.00. The van der Waals surface area contributed by atoms with Crippen molar-refractivity contribution in [2.45, 2.75) is 0 Å². The quantitative estimate of drug-likeness (QED) is 0.282. The third-order valence-corrected chi connectivity index (χ3v) is 3.83. The number of methoxy groups -OCH3 is 1. The fraction of sp³-hybridized carbons (Fsp3) is 0.143. The van der Waals surface area contributed by atoms with E-state index in [-0.39, 0.29) is 12.2 Å². The van der Waals surface area contributed by atoms with Crippen molar-refractivity contribution >= 4 is 22.5 Å². The first-order valence-electron chi connectivity index (χ1n) is 8.15. The highest BCUT2D eigenvalue weighted by Gasteiger charge is 2.20. The van der Waals surface area contributed by atoms with E-state index in [0.717, 1.165) is 16.5 Å². The van der Waals surface area contributed by atoms with Crippen LogP contribution in [-0.4, -0.2) is 32.1 Å². The highest BCUT2D eigenvalue weighted by Crippen LogP contribution is 2.21. The summed E-state index contributed by atoms with van der Waals surface area (Å²) in [6.07, 6.45) is 0. The lowest BCUT2D eigenvalue weighted by Gasteiger charge is -2.11. The number of esters is 1. The standard InChI is InChI=1S/C21H18O5/c1-24-21(23)20(22)18-8-4-5-9-19(18)26-13-12-25-17-11-10-15-6-2-3-7-16(15)14-17/h2-11,14H,12-13H2,1H3. The van der Waals surface area contributed by atoms with Crippen molar-refractivity contribution in [2.24, 2.45) is 0 Å². The largest absolute Gasteiger partial charge is 0.490 e. The van der Waals surface area contributed by atoms with Gasteiger partial charge in [0.2, 0.25) is 0 Å². The van der Waals surface area contributed by atoms with Crippen molar-refractivity contribution in [3.8, 4) is 11.5 Å². The number of Topliss-reactive ketones (excluding diaryl/α,β-unsaturated/α-hetero) is 1. The van der Waals surface area contributed by atoms with Crippen LogP contribution in [0.25, 0.3) is 10.8 Å². The van der Waals surface area contributed by atoms with Crippen LogP contribution in [0, 0.1) is 0 Å². The molecule has 0 fully saturated rings. The monoisotopic (exact) mass is 350 g/mol. The second-order valence-electron chi connectivity index (χ2n) is 5.52. The van der Waals surface area contributed by atoms with Gasteiger partial charge in [-0.1, -0.05) is 42.5 Å². The number of hydrogen-bond donors (Lipinski definition) is 0. The van der Waals surface area contributed by atoms with Crippen LogP contribution >= 0.6 is 0 Å². The smallest absolute Gasteiger partial charge is 0.379 e. The van der Waals surface area contributed by atoms with Crippen LogP contribution in [0.2, 0.25) is 0 Å². The SMILES string of the molecule is COC(=O)C(=O)c1ccccc1OCCOc1ccc2ccccc2c1. The summed E-state index contributed by atoms with van der Waals surface area (Å²) in [6.45, 7) is 0.539. The van der Waals surface area contributed by atoms with Crippen molar-refractivity contribution < 1.29 is 23.8 Å². The van der Waals surface area contributed by atoms with Gasteiger partial charge in [-0.2, -0.15) is 0 Å². The molecule has 0 heterocycles. The predicted octanol–water partition coefficient (Wildman–Crippen LogP) is 3.65. The van der Waals surface area contributed by atoms with Gasteiger partial charge in [0.25, 0.3) is 5.78 Å². The highest BCUT2D eigenvalue weighted by molar-refractivity contribution is 6.41. The first kappa shape index (κ1) is 17.5. The van der Waals surface area contributed by atoms with Gasteiger partial charge in [-0.15, -0.1) is 0 Å².